The van der Waals surface area contributed by atoms with Crippen LogP contribution in [0.4, 0.5) is 0 Å². The van der Waals surface area contributed by atoms with Crippen molar-refractivity contribution < 1.29 is 4.42 Å². The molecule has 1 N–H and O–H groups in total. The number of oxazole rings is 1. The summed E-state index contributed by atoms with van der Waals surface area (Å²) in [5.41, 5.74) is 1.01. The average molecular weight is 380 g/mol. The molecule has 1 aliphatic heterocycles. The number of halogens is 1. The van der Waals surface area contributed by atoms with Gasteiger partial charge in [-0.25, -0.2) is 9.97 Å². The molecule has 3 aromatic rings. The van der Waals surface area contributed by atoms with E-state index in [0.29, 0.717) is 0 Å². The Morgan fingerprint density at radius 2 is 2.32 bits per heavy atom. The standard InChI is InChI=1S/C17H21N5OS.ClH/c1-12-13(20-17(23-12)15-4-3-9-24-15)11-22-8-5-18-10-14(22)16-19-6-7-21(16)2;/h3-4,6-7,9,14,18H,5,8,10-11H2,1-2H3;1H. The number of aromatic nitrogens is 3. The van der Waals surface area contributed by atoms with Gasteiger partial charge in [0, 0.05) is 45.6 Å². The molecule has 1 fully saturated rings. The van der Waals surface area contributed by atoms with Crippen LogP contribution in [0.2, 0.25) is 0 Å². The first kappa shape index (κ1) is 18.1. The highest BCUT2D eigenvalue weighted by atomic mass is 35.5. The number of imidazole rings is 1. The van der Waals surface area contributed by atoms with Gasteiger partial charge in [-0.2, -0.15) is 0 Å². The summed E-state index contributed by atoms with van der Waals surface area (Å²) in [4.78, 5) is 12.8. The lowest BCUT2D eigenvalue weighted by Crippen LogP contribution is -2.46. The summed E-state index contributed by atoms with van der Waals surface area (Å²) in [6.07, 6.45) is 3.86. The maximum absolute atomic E-state index is 5.89. The van der Waals surface area contributed by atoms with Crippen LogP contribution in [0.3, 0.4) is 0 Å². The molecule has 3 aromatic heterocycles. The third-order valence-electron chi connectivity index (χ3n) is 4.49. The molecule has 4 rings (SSSR count). The third kappa shape index (κ3) is 3.64. The molecule has 6 nitrogen and oxygen atoms in total. The smallest absolute Gasteiger partial charge is 0.236 e. The van der Waals surface area contributed by atoms with E-state index in [2.05, 4.69) is 19.8 Å². The van der Waals surface area contributed by atoms with E-state index in [9.17, 15) is 0 Å². The lowest BCUT2D eigenvalue weighted by molar-refractivity contribution is 0.142. The normalized spacial score (nSPS) is 18.2. The van der Waals surface area contributed by atoms with Gasteiger partial charge in [0.15, 0.2) is 0 Å². The summed E-state index contributed by atoms with van der Waals surface area (Å²) in [7, 11) is 2.05. The van der Waals surface area contributed by atoms with Gasteiger partial charge in [-0.3, -0.25) is 4.90 Å². The fraction of sp³-hybridized carbons (Fsp3) is 0.412. The van der Waals surface area contributed by atoms with Crippen LogP contribution in [-0.2, 0) is 13.6 Å². The van der Waals surface area contributed by atoms with Gasteiger partial charge in [0.2, 0.25) is 5.89 Å². The Bertz CT molecular complexity index is 813. The fourth-order valence-electron chi connectivity index (χ4n) is 3.16. The second-order valence-corrected chi connectivity index (χ2v) is 7.03. The molecule has 134 valence electrons. The van der Waals surface area contributed by atoms with Crippen molar-refractivity contribution in [3.05, 3.63) is 47.2 Å². The van der Waals surface area contributed by atoms with E-state index in [1.165, 1.54) is 0 Å². The Labute approximate surface area is 157 Å². The van der Waals surface area contributed by atoms with Crippen LogP contribution in [0.25, 0.3) is 10.8 Å². The Kier molecular flexibility index (Phi) is 5.58. The van der Waals surface area contributed by atoms with Crippen LogP contribution in [-0.4, -0.2) is 39.1 Å². The third-order valence-corrected chi connectivity index (χ3v) is 5.35. The number of nitrogens with one attached hydrogen (secondary N) is 1. The van der Waals surface area contributed by atoms with Gasteiger partial charge in [0.1, 0.15) is 11.6 Å². The van der Waals surface area contributed by atoms with Gasteiger partial charge in [-0.05, 0) is 18.4 Å². The molecule has 4 heterocycles. The van der Waals surface area contributed by atoms with E-state index in [0.717, 1.165) is 54.2 Å². The highest BCUT2D eigenvalue weighted by Crippen LogP contribution is 2.28. The minimum atomic E-state index is 0. The second kappa shape index (κ2) is 7.70. The highest BCUT2D eigenvalue weighted by Gasteiger charge is 2.28. The minimum Gasteiger partial charge on any atom is -0.440 e. The molecule has 25 heavy (non-hydrogen) atoms. The van der Waals surface area contributed by atoms with Crippen LogP contribution in [0.5, 0.6) is 0 Å². The van der Waals surface area contributed by atoms with Crippen LogP contribution in [0.15, 0.2) is 34.3 Å². The topological polar surface area (TPSA) is 59.1 Å². The predicted octanol–water partition coefficient (Wildman–Crippen LogP) is 3.01. The first-order valence-electron chi connectivity index (χ1n) is 8.14. The van der Waals surface area contributed by atoms with Gasteiger partial charge >= 0.3 is 0 Å². The predicted molar refractivity (Wildman–Crippen MR) is 101 cm³/mol. The second-order valence-electron chi connectivity index (χ2n) is 6.09. The molecule has 0 spiro atoms. The maximum Gasteiger partial charge on any atom is 0.236 e. The minimum absolute atomic E-state index is 0. The average Bonchev–Trinajstić information content (AvgIpc) is 3.30. The van der Waals surface area contributed by atoms with Crippen molar-refractivity contribution >= 4 is 23.7 Å². The Morgan fingerprint density at radius 3 is 3.04 bits per heavy atom. The lowest BCUT2D eigenvalue weighted by atomic mass is 10.1. The van der Waals surface area contributed by atoms with Crippen molar-refractivity contribution in [3.63, 3.8) is 0 Å². The lowest BCUT2D eigenvalue weighted by Gasteiger charge is -2.35. The molecule has 1 aliphatic rings. The Morgan fingerprint density at radius 1 is 1.44 bits per heavy atom. The zero-order valence-corrected chi connectivity index (χ0v) is 15.9. The number of hydrogen-bond donors (Lipinski definition) is 1. The molecule has 0 saturated carbocycles. The Hall–Kier alpha value is -1.67. The van der Waals surface area contributed by atoms with Crippen molar-refractivity contribution in [2.24, 2.45) is 7.05 Å². The first-order chi connectivity index (χ1) is 11.7. The van der Waals surface area contributed by atoms with Crippen molar-refractivity contribution in [1.29, 1.82) is 0 Å². The van der Waals surface area contributed by atoms with Gasteiger partial charge < -0.3 is 14.3 Å². The van der Waals surface area contributed by atoms with E-state index in [4.69, 9.17) is 9.40 Å². The first-order valence-corrected chi connectivity index (χ1v) is 9.02. The number of aryl methyl sites for hydroxylation is 2. The molecule has 0 radical (unpaired) electrons. The highest BCUT2D eigenvalue weighted by molar-refractivity contribution is 7.13. The van der Waals surface area contributed by atoms with Gasteiger partial charge in [0.25, 0.3) is 0 Å². The number of piperazine rings is 1. The molecule has 0 bridgehead atoms. The number of rotatable bonds is 4. The largest absolute Gasteiger partial charge is 0.440 e. The van der Waals surface area contributed by atoms with Gasteiger partial charge in [0.05, 0.1) is 16.6 Å². The molecule has 0 amide bonds. The van der Waals surface area contributed by atoms with E-state index in [-0.39, 0.29) is 18.4 Å². The van der Waals surface area contributed by atoms with Crippen LogP contribution >= 0.6 is 23.7 Å². The number of thiophene rings is 1. The summed E-state index contributed by atoms with van der Waals surface area (Å²) in [5, 5.41) is 5.51. The molecule has 1 unspecified atom stereocenters. The van der Waals surface area contributed by atoms with Crippen molar-refractivity contribution in [1.82, 2.24) is 24.8 Å². The van der Waals surface area contributed by atoms with Crippen LogP contribution < -0.4 is 5.32 Å². The zero-order chi connectivity index (χ0) is 16.5. The maximum atomic E-state index is 5.89. The van der Waals surface area contributed by atoms with Gasteiger partial charge in [-0.1, -0.05) is 6.07 Å². The van der Waals surface area contributed by atoms with E-state index in [1.807, 2.05) is 43.9 Å². The summed E-state index contributed by atoms with van der Waals surface area (Å²) in [6, 6.07) is 4.31. The van der Waals surface area contributed by atoms with E-state index >= 15 is 0 Å². The SMILES string of the molecule is Cc1oc(-c2cccs2)nc1CN1CCNCC1c1nccn1C.Cl. The van der Waals surface area contributed by atoms with Crippen molar-refractivity contribution in [3.8, 4) is 10.8 Å². The van der Waals surface area contributed by atoms with E-state index < -0.39 is 0 Å². The molecule has 8 heteroatoms. The molecule has 1 atom stereocenters. The molecular formula is C17H22ClN5OS. The van der Waals surface area contributed by atoms with Crippen molar-refractivity contribution in [2.75, 3.05) is 19.6 Å². The van der Waals surface area contributed by atoms with Crippen LogP contribution in [0.1, 0.15) is 23.3 Å². The summed E-state index contributed by atoms with van der Waals surface area (Å²) in [6.45, 7) is 5.63. The summed E-state index contributed by atoms with van der Waals surface area (Å²) >= 11 is 1.65. The molecule has 1 saturated heterocycles. The zero-order valence-electron chi connectivity index (χ0n) is 14.3. The quantitative estimate of drug-likeness (QED) is 0.755. The Balaban J connectivity index is 0.00000182. The number of nitrogens with zero attached hydrogens (tertiary/aromatic N) is 4. The van der Waals surface area contributed by atoms with Crippen molar-refractivity contribution in [2.45, 2.75) is 19.5 Å². The molecular weight excluding hydrogens is 358 g/mol. The monoisotopic (exact) mass is 379 g/mol. The van der Waals surface area contributed by atoms with Gasteiger partial charge in [-0.15, -0.1) is 23.7 Å². The fourth-order valence-corrected chi connectivity index (χ4v) is 3.81. The molecule has 0 aromatic carbocycles. The summed E-state index contributed by atoms with van der Waals surface area (Å²) in [5.74, 6) is 2.71. The molecule has 0 aliphatic carbocycles. The van der Waals surface area contributed by atoms with Crippen LogP contribution in [0, 0.1) is 6.92 Å². The van der Waals surface area contributed by atoms with E-state index in [1.54, 1.807) is 11.3 Å². The number of hydrogen-bond acceptors (Lipinski definition) is 6. The summed E-state index contributed by atoms with van der Waals surface area (Å²) < 4.78 is 7.98.